The lowest BCUT2D eigenvalue weighted by Gasteiger charge is -2.14. The summed E-state index contributed by atoms with van der Waals surface area (Å²) < 4.78 is 11.0. The maximum Gasteiger partial charge on any atom is 0.228 e. The summed E-state index contributed by atoms with van der Waals surface area (Å²) >= 11 is 0. The van der Waals surface area contributed by atoms with E-state index in [0.29, 0.717) is 24.5 Å². The van der Waals surface area contributed by atoms with Crippen LogP contribution in [0.25, 0.3) is 0 Å². The van der Waals surface area contributed by atoms with Crippen molar-refractivity contribution in [2.75, 3.05) is 24.3 Å². The zero-order chi connectivity index (χ0) is 11.8. The number of nitrogens with two attached hydrogens (primary N) is 1. The molecule has 1 fully saturated rings. The minimum atomic E-state index is 0.000694. The Hall–Kier alpha value is -1.75. The van der Waals surface area contributed by atoms with Crippen LogP contribution >= 0.6 is 0 Å². The highest BCUT2D eigenvalue weighted by molar-refractivity contribution is 6.00. The van der Waals surface area contributed by atoms with Gasteiger partial charge in [-0.2, -0.15) is 0 Å². The van der Waals surface area contributed by atoms with Crippen molar-refractivity contribution in [1.29, 1.82) is 0 Å². The predicted molar refractivity (Wildman–Crippen MR) is 63.0 cm³/mol. The average Bonchev–Trinajstić information content (AvgIpc) is 2.87. The van der Waals surface area contributed by atoms with Gasteiger partial charge in [-0.05, 0) is 11.6 Å². The van der Waals surface area contributed by atoms with Gasteiger partial charge in [0.15, 0.2) is 0 Å². The van der Waals surface area contributed by atoms with Crippen LogP contribution in [0.15, 0.2) is 12.1 Å². The normalized spacial score (nSPS) is 22.4. The van der Waals surface area contributed by atoms with Crippen molar-refractivity contribution in [2.24, 2.45) is 0 Å². The first kappa shape index (κ1) is 10.4. The average molecular weight is 234 g/mol. The van der Waals surface area contributed by atoms with E-state index < -0.39 is 0 Å². The van der Waals surface area contributed by atoms with Crippen molar-refractivity contribution in [3.63, 3.8) is 0 Å². The minimum Gasteiger partial charge on any atom is -0.486 e. The van der Waals surface area contributed by atoms with Gasteiger partial charge in [-0.1, -0.05) is 0 Å². The van der Waals surface area contributed by atoms with Gasteiger partial charge in [-0.15, -0.1) is 0 Å². The zero-order valence-corrected chi connectivity index (χ0v) is 9.36. The molecule has 0 aliphatic carbocycles. The molecule has 2 aliphatic heterocycles. The Bertz CT molecular complexity index is 467. The molecule has 90 valence electrons. The molecule has 0 radical (unpaired) electrons. The van der Waals surface area contributed by atoms with Gasteiger partial charge < -0.3 is 20.5 Å². The summed E-state index contributed by atoms with van der Waals surface area (Å²) in [5.74, 6) is 0.627. The number of rotatable bonds is 2. The molecule has 1 saturated heterocycles. The van der Waals surface area contributed by atoms with Gasteiger partial charge in [0.1, 0.15) is 11.9 Å². The smallest absolute Gasteiger partial charge is 0.228 e. The van der Waals surface area contributed by atoms with Gasteiger partial charge >= 0.3 is 0 Å². The second-order valence-electron chi connectivity index (χ2n) is 4.38. The molecule has 1 unspecified atom stereocenters. The number of hydrogen-bond donors (Lipinski definition) is 2. The molecule has 0 spiro atoms. The third-order valence-electron chi connectivity index (χ3n) is 3.04. The Morgan fingerprint density at radius 3 is 3.12 bits per heavy atom. The predicted octanol–water partition coefficient (Wildman–Crippen LogP) is 0.931. The van der Waals surface area contributed by atoms with E-state index in [2.05, 4.69) is 5.32 Å². The molecule has 17 heavy (non-hydrogen) atoms. The maximum atomic E-state index is 11.3. The highest BCUT2D eigenvalue weighted by atomic mass is 16.5. The lowest BCUT2D eigenvalue weighted by atomic mass is 10.1. The molecule has 3 N–H and O–H groups in total. The molecule has 2 aliphatic rings. The Labute approximate surface area is 98.9 Å². The van der Waals surface area contributed by atoms with Gasteiger partial charge in [-0.3, -0.25) is 4.79 Å². The molecular weight excluding hydrogens is 220 g/mol. The molecule has 5 heteroatoms. The van der Waals surface area contributed by atoms with Gasteiger partial charge in [0.05, 0.1) is 25.3 Å². The van der Waals surface area contributed by atoms with Crippen LogP contribution in [0.3, 0.4) is 0 Å². The monoisotopic (exact) mass is 234 g/mol. The molecule has 1 atom stereocenters. The first-order valence-electron chi connectivity index (χ1n) is 5.69. The molecule has 1 amide bonds. The van der Waals surface area contributed by atoms with Gasteiger partial charge in [-0.25, -0.2) is 0 Å². The fourth-order valence-electron chi connectivity index (χ4n) is 2.16. The highest BCUT2D eigenvalue weighted by Crippen LogP contribution is 2.34. The second kappa shape index (κ2) is 3.92. The van der Waals surface area contributed by atoms with Gasteiger partial charge in [0.2, 0.25) is 5.91 Å². The Morgan fingerprint density at radius 1 is 1.47 bits per heavy atom. The standard InChI is InChI=1S/C12H14N2O3/c13-9-3-7-4-12(15)14-10(7)5-11(9)17-8-1-2-16-6-8/h3,5,8H,1-2,4,6,13H2,(H,14,15). The topological polar surface area (TPSA) is 73.6 Å². The van der Waals surface area contributed by atoms with Crippen molar-refractivity contribution < 1.29 is 14.3 Å². The fourth-order valence-corrected chi connectivity index (χ4v) is 2.16. The van der Waals surface area contributed by atoms with Crippen molar-refractivity contribution in [3.05, 3.63) is 17.7 Å². The molecule has 0 aromatic heterocycles. The number of anilines is 2. The number of carbonyl (C=O) groups excluding carboxylic acids is 1. The van der Waals surface area contributed by atoms with E-state index in [1.54, 1.807) is 12.1 Å². The van der Waals surface area contributed by atoms with E-state index in [1.807, 2.05) is 0 Å². The van der Waals surface area contributed by atoms with Crippen LogP contribution in [-0.4, -0.2) is 25.2 Å². The molecule has 0 saturated carbocycles. The maximum absolute atomic E-state index is 11.3. The SMILES string of the molecule is Nc1cc2c(cc1OC1CCOC1)NC(=O)C2. The minimum absolute atomic E-state index is 0.000694. The van der Waals surface area contributed by atoms with E-state index in [9.17, 15) is 4.79 Å². The molecular formula is C12H14N2O3. The lowest BCUT2D eigenvalue weighted by Crippen LogP contribution is -2.16. The van der Waals surface area contributed by atoms with Crippen LogP contribution < -0.4 is 15.8 Å². The van der Waals surface area contributed by atoms with E-state index in [0.717, 1.165) is 24.3 Å². The Morgan fingerprint density at radius 2 is 2.35 bits per heavy atom. The number of fused-ring (bicyclic) bond motifs is 1. The van der Waals surface area contributed by atoms with Crippen molar-refractivity contribution >= 4 is 17.3 Å². The zero-order valence-electron chi connectivity index (χ0n) is 9.36. The summed E-state index contributed by atoms with van der Waals surface area (Å²) in [6.07, 6.45) is 1.34. The Kier molecular flexibility index (Phi) is 2.40. The summed E-state index contributed by atoms with van der Waals surface area (Å²) in [4.78, 5) is 11.3. The molecule has 1 aromatic carbocycles. The number of carbonyl (C=O) groups is 1. The third kappa shape index (κ3) is 1.93. The van der Waals surface area contributed by atoms with E-state index in [-0.39, 0.29) is 12.0 Å². The molecule has 5 nitrogen and oxygen atoms in total. The number of benzene rings is 1. The van der Waals surface area contributed by atoms with Crippen molar-refractivity contribution in [2.45, 2.75) is 18.9 Å². The first-order chi connectivity index (χ1) is 8.22. The largest absolute Gasteiger partial charge is 0.486 e. The highest BCUT2D eigenvalue weighted by Gasteiger charge is 2.22. The molecule has 1 aromatic rings. The van der Waals surface area contributed by atoms with E-state index >= 15 is 0 Å². The van der Waals surface area contributed by atoms with E-state index in [4.69, 9.17) is 15.2 Å². The number of hydrogen-bond acceptors (Lipinski definition) is 4. The van der Waals surface area contributed by atoms with Gasteiger partial charge in [0.25, 0.3) is 0 Å². The summed E-state index contributed by atoms with van der Waals surface area (Å²) in [5.41, 5.74) is 8.23. The summed E-state index contributed by atoms with van der Waals surface area (Å²) in [7, 11) is 0. The van der Waals surface area contributed by atoms with Crippen LogP contribution in [0.1, 0.15) is 12.0 Å². The summed E-state index contributed by atoms with van der Waals surface area (Å²) in [6, 6.07) is 3.60. The van der Waals surface area contributed by atoms with Crippen LogP contribution in [0.4, 0.5) is 11.4 Å². The van der Waals surface area contributed by atoms with Crippen molar-refractivity contribution in [3.8, 4) is 5.75 Å². The molecule has 2 heterocycles. The third-order valence-corrected chi connectivity index (χ3v) is 3.04. The quantitative estimate of drug-likeness (QED) is 0.747. The van der Waals surface area contributed by atoms with Gasteiger partial charge in [0, 0.05) is 18.2 Å². The van der Waals surface area contributed by atoms with Crippen LogP contribution in [0.5, 0.6) is 5.75 Å². The summed E-state index contributed by atoms with van der Waals surface area (Å²) in [5, 5.41) is 2.78. The first-order valence-corrected chi connectivity index (χ1v) is 5.69. The molecule has 0 bridgehead atoms. The van der Waals surface area contributed by atoms with Crippen molar-refractivity contribution in [1.82, 2.24) is 0 Å². The number of ether oxygens (including phenoxy) is 2. The second-order valence-corrected chi connectivity index (χ2v) is 4.38. The lowest BCUT2D eigenvalue weighted by molar-refractivity contribution is -0.115. The summed E-state index contributed by atoms with van der Waals surface area (Å²) in [6.45, 7) is 1.33. The fraction of sp³-hybridized carbons (Fsp3) is 0.417. The molecule has 3 rings (SSSR count). The van der Waals surface area contributed by atoms with E-state index in [1.165, 1.54) is 0 Å². The number of nitrogen functional groups attached to an aromatic ring is 1. The van der Waals surface area contributed by atoms with Crippen LogP contribution in [0, 0.1) is 0 Å². The van der Waals surface area contributed by atoms with Crippen LogP contribution in [0.2, 0.25) is 0 Å². The van der Waals surface area contributed by atoms with Crippen LogP contribution in [-0.2, 0) is 16.0 Å². The number of nitrogens with one attached hydrogen (secondary N) is 1. The number of amides is 1. The Balaban J connectivity index is 1.85.